The predicted octanol–water partition coefficient (Wildman–Crippen LogP) is 3.71. The summed E-state index contributed by atoms with van der Waals surface area (Å²) in [4.78, 5) is 0. The zero-order chi connectivity index (χ0) is 15.2. The van der Waals surface area contributed by atoms with Gasteiger partial charge in [0, 0.05) is 5.56 Å². The number of hydrogen-bond donors (Lipinski definition) is 0. The van der Waals surface area contributed by atoms with E-state index in [1.54, 1.807) is 0 Å². The van der Waals surface area contributed by atoms with Crippen molar-refractivity contribution in [2.45, 2.75) is 13.5 Å². The normalized spacial score (nSPS) is 10.4. The highest BCUT2D eigenvalue weighted by Crippen LogP contribution is 2.20. The molecule has 22 heavy (non-hydrogen) atoms. The van der Waals surface area contributed by atoms with Gasteiger partial charge in [0.2, 0.25) is 12.3 Å². The first kappa shape index (κ1) is 14.1. The van der Waals surface area contributed by atoms with Crippen molar-refractivity contribution < 1.29 is 13.9 Å². The van der Waals surface area contributed by atoms with Crippen LogP contribution in [-0.4, -0.2) is 16.8 Å². The Hall–Kier alpha value is -2.82. The van der Waals surface area contributed by atoms with Gasteiger partial charge >= 0.3 is 0 Å². The first-order valence-corrected chi connectivity index (χ1v) is 7.06. The van der Waals surface area contributed by atoms with Crippen molar-refractivity contribution >= 4 is 0 Å². The minimum Gasteiger partial charge on any atom is -0.494 e. The van der Waals surface area contributed by atoms with Crippen LogP contribution < -0.4 is 9.47 Å². The lowest BCUT2D eigenvalue weighted by atomic mass is 10.1. The fourth-order valence-electron chi connectivity index (χ4n) is 2.01. The Kier molecular flexibility index (Phi) is 4.34. The van der Waals surface area contributed by atoms with Crippen LogP contribution in [0.3, 0.4) is 0 Å². The fraction of sp³-hybridized carbons (Fsp3) is 0.176. The Bertz CT molecular complexity index is 692. The Labute approximate surface area is 128 Å². The molecule has 0 aliphatic carbocycles. The average Bonchev–Trinajstić information content (AvgIpc) is 3.09. The lowest BCUT2D eigenvalue weighted by Crippen LogP contribution is -1.96. The summed E-state index contributed by atoms with van der Waals surface area (Å²) in [5.41, 5.74) is 1.96. The van der Waals surface area contributed by atoms with Crippen LogP contribution >= 0.6 is 0 Å². The molecule has 112 valence electrons. The number of nitrogens with zero attached hydrogens (tertiary/aromatic N) is 2. The minimum atomic E-state index is 0.498. The number of aromatic nitrogens is 2. The molecule has 0 unspecified atom stereocenters. The summed E-state index contributed by atoms with van der Waals surface area (Å²) in [6, 6.07) is 15.4. The van der Waals surface area contributed by atoms with Gasteiger partial charge in [0.15, 0.2) is 0 Å². The third-order valence-corrected chi connectivity index (χ3v) is 3.10. The summed E-state index contributed by atoms with van der Waals surface area (Å²) in [6.45, 7) is 3.12. The van der Waals surface area contributed by atoms with Crippen LogP contribution in [0.15, 0.2) is 59.3 Å². The summed E-state index contributed by atoms with van der Waals surface area (Å²) in [7, 11) is 0. The average molecular weight is 296 g/mol. The quantitative estimate of drug-likeness (QED) is 0.694. The van der Waals surface area contributed by atoms with Crippen molar-refractivity contribution in [1.29, 1.82) is 0 Å². The summed E-state index contributed by atoms with van der Waals surface area (Å²) in [5, 5.41) is 7.54. The molecule has 0 atom stereocenters. The molecule has 0 amide bonds. The van der Waals surface area contributed by atoms with Gasteiger partial charge in [0.1, 0.15) is 18.1 Å². The van der Waals surface area contributed by atoms with Crippen LogP contribution in [-0.2, 0) is 6.61 Å². The molecule has 0 bridgehead atoms. The molecule has 3 aromatic rings. The van der Waals surface area contributed by atoms with E-state index in [1.807, 2.05) is 55.5 Å². The SMILES string of the molecule is CCOc1ccc(OCc2ccc(-c3nnco3)cc2)cc1. The summed E-state index contributed by atoms with van der Waals surface area (Å²) in [5.74, 6) is 2.17. The largest absolute Gasteiger partial charge is 0.494 e. The van der Waals surface area contributed by atoms with Crippen molar-refractivity contribution in [2.75, 3.05) is 6.61 Å². The van der Waals surface area contributed by atoms with E-state index in [9.17, 15) is 0 Å². The van der Waals surface area contributed by atoms with Crippen molar-refractivity contribution in [3.63, 3.8) is 0 Å². The molecule has 0 saturated carbocycles. The molecule has 1 aromatic heterocycles. The maximum absolute atomic E-state index is 5.75. The van der Waals surface area contributed by atoms with Gasteiger partial charge in [0.05, 0.1) is 6.61 Å². The molecular formula is C17H16N2O3. The second-order valence-corrected chi connectivity index (χ2v) is 4.63. The highest BCUT2D eigenvalue weighted by molar-refractivity contribution is 5.52. The van der Waals surface area contributed by atoms with E-state index in [2.05, 4.69) is 10.2 Å². The topological polar surface area (TPSA) is 57.4 Å². The van der Waals surface area contributed by atoms with Crippen LogP contribution in [0.1, 0.15) is 12.5 Å². The van der Waals surface area contributed by atoms with Gasteiger partial charge in [-0.25, -0.2) is 0 Å². The van der Waals surface area contributed by atoms with Crippen LogP contribution in [0.5, 0.6) is 11.5 Å². The highest BCUT2D eigenvalue weighted by Gasteiger charge is 2.03. The predicted molar refractivity (Wildman–Crippen MR) is 81.7 cm³/mol. The standard InChI is InChI=1S/C17H16N2O3/c1-2-20-15-7-9-16(10-8-15)21-11-13-3-5-14(6-4-13)17-19-18-12-22-17/h3-10,12H,2,11H2,1H3. The van der Waals surface area contributed by atoms with Crippen molar-refractivity contribution in [3.8, 4) is 23.0 Å². The molecule has 0 radical (unpaired) electrons. The Morgan fingerprint density at radius 2 is 1.59 bits per heavy atom. The van der Waals surface area contributed by atoms with Gasteiger partial charge in [-0.1, -0.05) is 12.1 Å². The van der Waals surface area contributed by atoms with E-state index in [-0.39, 0.29) is 0 Å². The zero-order valence-corrected chi connectivity index (χ0v) is 12.2. The summed E-state index contributed by atoms with van der Waals surface area (Å²) < 4.78 is 16.3. The molecule has 0 aliphatic heterocycles. The number of ether oxygens (including phenoxy) is 2. The molecule has 0 aliphatic rings. The molecule has 2 aromatic carbocycles. The van der Waals surface area contributed by atoms with E-state index < -0.39 is 0 Å². The van der Waals surface area contributed by atoms with Crippen LogP contribution in [0.25, 0.3) is 11.5 Å². The van der Waals surface area contributed by atoms with E-state index in [0.29, 0.717) is 19.1 Å². The van der Waals surface area contributed by atoms with Crippen molar-refractivity contribution in [2.24, 2.45) is 0 Å². The number of hydrogen-bond acceptors (Lipinski definition) is 5. The molecule has 5 nitrogen and oxygen atoms in total. The molecule has 3 rings (SSSR count). The third kappa shape index (κ3) is 3.44. The molecule has 0 saturated heterocycles. The lowest BCUT2D eigenvalue weighted by Gasteiger charge is -2.08. The van der Waals surface area contributed by atoms with Crippen LogP contribution in [0, 0.1) is 0 Å². The monoisotopic (exact) mass is 296 g/mol. The first-order valence-electron chi connectivity index (χ1n) is 7.06. The Balaban J connectivity index is 1.59. The fourth-order valence-corrected chi connectivity index (χ4v) is 2.01. The lowest BCUT2D eigenvalue weighted by molar-refractivity contribution is 0.304. The highest BCUT2D eigenvalue weighted by atomic mass is 16.5. The zero-order valence-electron chi connectivity index (χ0n) is 12.2. The van der Waals surface area contributed by atoms with Gasteiger partial charge in [-0.05, 0) is 48.9 Å². The molecule has 1 heterocycles. The molecule has 0 spiro atoms. The Morgan fingerprint density at radius 1 is 0.909 bits per heavy atom. The van der Waals surface area contributed by atoms with Crippen molar-refractivity contribution in [1.82, 2.24) is 10.2 Å². The van der Waals surface area contributed by atoms with Crippen LogP contribution in [0.2, 0.25) is 0 Å². The van der Waals surface area contributed by atoms with Gasteiger partial charge in [-0.3, -0.25) is 0 Å². The van der Waals surface area contributed by atoms with E-state index in [1.165, 1.54) is 6.39 Å². The third-order valence-electron chi connectivity index (χ3n) is 3.10. The van der Waals surface area contributed by atoms with Gasteiger partial charge in [0.25, 0.3) is 0 Å². The Morgan fingerprint density at radius 3 is 2.18 bits per heavy atom. The van der Waals surface area contributed by atoms with Gasteiger partial charge in [-0.2, -0.15) is 0 Å². The number of rotatable bonds is 6. The maximum atomic E-state index is 5.75. The maximum Gasteiger partial charge on any atom is 0.247 e. The second kappa shape index (κ2) is 6.76. The number of benzene rings is 2. The van der Waals surface area contributed by atoms with Crippen molar-refractivity contribution in [3.05, 3.63) is 60.5 Å². The first-order chi connectivity index (χ1) is 10.8. The van der Waals surface area contributed by atoms with E-state index in [4.69, 9.17) is 13.9 Å². The van der Waals surface area contributed by atoms with Gasteiger partial charge in [-0.15, -0.1) is 10.2 Å². The molecule has 5 heteroatoms. The minimum absolute atomic E-state index is 0.498. The summed E-state index contributed by atoms with van der Waals surface area (Å²) >= 11 is 0. The summed E-state index contributed by atoms with van der Waals surface area (Å²) in [6.07, 6.45) is 1.32. The van der Waals surface area contributed by atoms with E-state index in [0.717, 1.165) is 22.6 Å². The van der Waals surface area contributed by atoms with E-state index >= 15 is 0 Å². The molecular weight excluding hydrogens is 280 g/mol. The second-order valence-electron chi connectivity index (χ2n) is 4.63. The smallest absolute Gasteiger partial charge is 0.247 e. The molecule has 0 N–H and O–H groups in total. The van der Waals surface area contributed by atoms with Gasteiger partial charge < -0.3 is 13.9 Å². The van der Waals surface area contributed by atoms with Crippen LogP contribution in [0.4, 0.5) is 0 Å². The molecule has 0 fully saturated rings.